The van der Waals surface area contributed by atoms with Crippen molar-refractivity contribution in [3.8, 4) is 0 Å². The van der Waals surface area contributed by atoms with Gasteiger partial charge in [0.1, 0.15) is 13.2 Å². The van der Waals surface area contributed by atoms with Crippen molar-refractivity contribution in [3.63, 3.8) is 0 Å². The smallest absolute Gasteiger partial charge is 0.407 e. The molecule has 4 aliphatic rings. The molecule has 0 radical (unpaired) electrons. The van der Waals surface area contributed by atoms with E-state index in [0.29, 0.717) is 29.4 Å². The zero-order valence-corrected chi connectivity index (χ0v) is 52.8. The number of alkyl halides is 1. The minimum absolute atomic E-state index is 0.00331. The highest BCUT2D eigenvalue weighted by atomic mass is 35.5. The third kappa shape index (κ3) is 22.9. The quantitative estimate of drug-likeness (QED) is 0.0348. The Morgan fingerprint density at radius 3 is 1.53 bits per heavy atom. The number of hydrogen-bond acceptors (Lipinski definition) is 12. The van der Waals surface area contributed by atoms with Gasteiger partial charge in [-0.3, -0.25) is 14.5 Å². The van der Waals surface area contributed by atoms with Crippen LogP contribution >= 0.6 is 35.1 Å². The topological polar surface area (TPSA) is 191 Å². The Morgan fingerprint density at radius 1 is 0.627 bits per heavy atom. The highest BCUT2D eigenvalue weighted by molar-refractivity contribution is 7.99. The second kappa shape index (κ2) is 32.6. The third-order valence-electron chi connectivity index (χ3n) is 16.4. The van der Waals surface area contributed by atoms with E-state index < -0.39 is 36.5 Å². The summed E-state index contributed by atoms with van der Waals surface area (Å²) in [7, 11) is 0. The number of thioether (sulfide) groups is 2. The van der Waals surface area contributed by atoms with Crippen molar-refractivity contribution >= 4 is 59.1 Å². The zero-order valence-electron chi connectivity index (χ0n) is 50.4. The number of carbonyl (C=O) groups excluding carboxylic acids is 4. The Bertz CT molecular complexity index is 2580. The first-order valence-corrected chi connectivity index (χ1v) is 32.4. The first-order valence-electron chi connectivity index (χ1n) is 29.8. The number of halogens is 1. The zero-order chi connectivity index (χ0) is 60.0. The highest BCUT2D eigenvalue weighted by Gasteiger charge is 2.48. The Kier molecular flexibility index (Phi) is 26.5. The molecular formula is C66H95ClN6O8S2. The minimum Gasteiger partial charge on any atom is -0.445 e. The van der Waals surface area contributed by atoms with Crippen LogP contribution in [0.4, 0.5) is 9.59 Å². The molecule has 14 nitrogen and oxygen atoms in total. The maximum Gasteiger partial charge on any atom is 0.407 e. The molecule has 2 aliphatic carbocycles. The number of benzene rings is 4. The minimum atomic E-state index is -0.881. The number of fused-ring (bicyclic) bond motifs is 2. The summed E-state index contributed by atoms with van der Waals surface area (Å²) in [5.41, 5.74) is 1.83. The number of aliphatic hydroxyl groups is 2. The lowest BCUT2D eigenvalue weighted by atomic mass is 9.62. The van der Waals surface area contributed by atoms with Crippen molar-refractivity contribution in [2.24, 2.45) is 22.7 Å². The number of rotatable bonds is 19. The van der Waals surface area contributed by atoms with Gasteiger partial charge in [0, 0.05) is 45.5 Å². The molecule has 0 bridgehead atoms. The number of nitrogens with zero attached hydrogens (tertiary/aromatic N) is 1. The van der Waals surface area contributed by atoms with Crippen molar-refractivity contribution in [2.75, 3.05) is 37.0 Å². The van der Waals surface area contributed by atoms with Gasteiger partial charge in [-0.25, -0.2) is 9.59 Å². The van der Waals surface area contributed by atoms with Crippen LogP contribution < -0.4 is 26.6 Å². The number of piperidine rings is 2. The summed E-state index contributed by atoms with van der Waals surface area (Å²) >= 11 is 8.85. The van der Waals surface area contributed by atoms with Crippen molar-refractivity contribution < 1.29 is 38.9 Å². The largest absolute Gasteiger partial charge is 0.445 e. The van der Waals surface area contributed by atoms with Crippen LogP contribution in [0.3, 0.4) is 0 Å². The fraction of sp³-hybridized carbons (Fsp3) is 0.576. The van der Waals surface area contributed by atoms with Crippen LogP contribution in [0, 0.1) is 22.7 Å². The Hall–Kier alpha value is -4.81. The molecule has 4 fully saturated rings. The molecule has 8 rings (SSSR count). The molecule has 0 aromatic heterocycles. The monoisotopic (exact) mass is 1200 g/mol. The van der Waals surface area contributed by atoms with Gasteiger partial charge in [-0.05, 0) is 145 Å². The van der Waals surface area contributed by atoms with Crippen molar-refractivity contribution in [1.29, 1.82) is 0 Å². The molecule has 2 saturated heterocycles. The molecule has 4 aromatic rings. The van der Waals surface area contributed by atoms with Gasteiger partial charge in [0.05, 0.1) is 42.3 Å². The summed E-state index contributed by atoms with van der Waals surface area (Å²) in [6.45, 7) is 19.3. The number of aliphatic hydroxyl groups excluding tert-OH is 2. The molecule has 0 unspecified atom stereocenters. The second-order valence-corrected chi connectivity index (χ2v) is 28.2. The van der Waals surface area contributed by atoms with Crippen LogP contribution in [0.2, 0.25) is 0 Å². The number of hydrogen-bond donors (Lipinski definition) is 7. The van der Waals surface area contributed by atoms with Gasteiger partial charge in [-0.15, -0.1) is 35.1 Å². The van der Waals surface area contributed by atoms with Crippen molar-refractivity contribution in [2.45, 2.75) is 190 Å². The van der Waals surface area contributed by atoms with E-state index in [9.17, 15) is 29.4 Å². The molecule has 2 aliphatic heterocycles. The summed E-state index contributed by atoms with van der Waals surface area (Å²) in [6, 6.07) is 37.3. The standard InChI is InChI=1S/C33H47N3O4S.C18H20ClNO3S.C15H28N2O/c1-32(2,3)35-30(38)28-19-33(4)18-12-11-15-25(33)20-36(28)21-29(37)27(23-41-26-16-9-6-10-17-26)34-31(39)40-22-24-13-7-5-8-14-24;19-11-17(21)16(13-24-15-9-5-2-6-10-15)20-18(22)23-12-14-7-3-1-4-8-14;1-14(2,3)17-13(18)12-9-15(4)8-6-5-7-11(15)10-16-12/h5-10,13-14,16-17,25,27-29,37H,11-12,15,18-23H2,1-4H3,(H,34,39)(H,35,38);1-10,16-17,21H,11-13H2,(H,20,22);11-12,16H,5-10H2,1-4H3,(H,17,18)/t25-,27+,28+,29-,33+;16-,17+;11-,12+,15+/m101/s1. The van der Waals surface area contributed by atoms with Crippen LogP contribution in [-0.2, 0) is 32.3 Å². The van der Waals surface area contributed by atoms with Crippen LogP contribution in [0.1, 0.15) is 131 Å². The first-order chi connectivity index (χ1) is 39.5. The number of nitrogens with one attached hydrogen (secondary N) is 5. The molecule has 7 N–H and O–H groups in total. The maximum atomic E-state index is 13.6. The highest BCUT2D eigenvalue weighted by Crippen LogP contribution is 2.49. The van der Waals surface area contributed by atoms with Gasteiger partial charge in [0.2, 0.25) is 11.8 Å². The van der Waals surface area contributed by atoms with Crippen LogP contribution in [0.5, 0.6) is 0 Å². The number of carbonyl (C=O) groups is 4. The second-order valence-electron chi connectivity index (χ2n) is 25.7. The van der Waals surface area contributed by atoms with Gasteiger partial charge in [0.15, 0.2) is 0 Å². The Morgan fingerprint density at radius 2 is 1.06 bits per heavy atom. The van der Waals surface area contributed by atoms with Gasteiger partial charge < -0.3 is 46.3 Å². The first kappa shape index (κ1) is 67.3. The summed E-state index contributed by atoms with van der Waals surface area (Å²) in [5, 5.41) is 37.0. The molecule has 2 heterocycles. The third-order valence-corrected chi connectivity index (χ3v) is 19.0. The van der Waals surface area contributed by atoms with Crippen LogP contribution in [0.15, 0.2) is 131 Å². The van der Waals surface area contributed by atoms with Crippen molar-refractivity contribution in [1.82, 2.24) is 31.5 Å². The predicted octanol–water partition coefficient (Wildman–Crippen LogP) is 11.8. The number of β-amino-alcohol motifs (C(OH)–C–C–N with tert-alkyl or cyclic N) is 1. The lowest BCUT2D eigenvalue weighted by Gasteiger charge is -2.52. The summed E-state index contributed by atoms with van der Waals surface area (Å²) in [4.78, 5) is 54.9. The molecule has 456 valence electrons. The molecule has 4 aromatic carbocycles. The van der Waals surface area contributed by atoms with E-state index in [1.54, 1.807) is 11.8 Å². The molecule has 0 spiro atoms. The van der Waals surface area contributed by atoms with Crippen LogP contribution in [0.25, 0.3) is 0 Å². The van der Waals surface area contributed by atoms with E-state index in [2.05, 4.69) is 45.3 Å². The maximum absolute atomic E-state index is 13.6. The molecular weight excluding hydrogens is 1100 g/mol. The van der Waals surface area contributed by atoms with E-state index in [-0.39, 0.29) is 59.5 Å². The van der Waals surface area contributed by atoms with E-state index in [1.807, 2.05) is 163 Å². The SMILES string of the molecule is CC(C)(C)NC(=O)[C@@H]1C[C@]2(C)CCCC[C@@H]2CN1.CC(C)(C)NC(=O)[C@@H]1C[C@]2(C)CCCC[C@@H]2CN1C[C@@H](O)[C@H](CSc1ccccc1)NC(=O)OCc1ccccc1.O=C(N[C@@H](CSc1ccccc1)[C@H](O)CCl)OCc1ccccc1. The van der Waals surface area contributed by atoms with E-state index in [1.165, 1.54) is 50.3 Å². The summed E-state index contributed by atoms with van der Waals surface area (Å²) < 4.78 is 10.7. The average molecular weight is 1200 g/mol. The molecule has 4 amide bonds. The molecule has 2 saturated carbocycles. The van der Waals surface area contributed by atoms with Crippen molar-refractivity contribution in [3.05, 3.63) is 132 Å². The molecule has 10 atom stereocenters. The fourth-order valence-corrected chi connectivity index (χ4v) is 14.0. The molecule has 17 heteroatoms. The number of likely N-dealkylation sites (tertiary alicyclic amines) is 1. The van der Waals surface area contributed by atoms with Crippen LogP contribution in [-0.4, -0.2) is 124 Å². The van der Waals surface area contributed by atoms with Gasteiger partial charge in [0.25, 0.3) is 0 Å². The lowest BCUT2D eigenvalue weighted by Crippen LogP contribution is -2.62. The average Bonchev–Trinajstić information content (AvgIpc) is 3.66. The fourth-order valence-electron chi connectivity index (χ4n) is 11.7. The Balaban J connectivity index is 0.000000222. The van der Waals surface area contributed by atoms with Gasteiger partial charge in [-0.1, -0.05) is 137 Å². The predicted molar refractivity (Wildman–Crippen MR) is 336 cm³/mol. The lowest BCUT2D eigenvalue weighted by molar-refractivity contribution is -0.136. The van der Waals surface area contributed by atoms with E-state index in [0.717, 1.165) is 65.6 Å². The number of ether oxygens (including phenoxy) is 2. The van der Waals surface area contributed by atoms with E-state index in [4.69, 9.17) is 21.1 Å². The number of alkyl carbamates (subject to hydrolysis) is 2. The molecule has 83 heavy (non-hydrogen) atoms. The summed E-state index contributed by atoms with van der Waals surface area (Å²) in [6.07, 6.45) is 8.94. The van der Waals surface area contributed by atoms with E-state index >= 15 is 0 Å². The summed E-state index contributed by atoms with van der Waals surface area (Å²) in [5.74, 6) is 2.46. The Labute approximate surface area is 508 Å². The normalized spacial score (nSPS) is 23.9. The number of amides is 4. The van der Waals surface area contributed by atoms with Gasteiger partial charge >= 0.3 is 12.2 Å². The van der Waals surface area contributed by atoms with Gasteiger partial charge in [-0.2, -0.15) is 0 Å².